The van der Waals surface area contributed by atoms with Crippen LogP contribution in [0, 0.1) is 0 Å². The SMILES string of the molecule is OCCC1CSc2cccc(Br)c21. The van der Waals surface area contributed by atoms with Crippen LogP contribution in [0.1, 0.15) is 17.9 Å². The predicted molar refractivity (Wildman–Crippen MR) is 59.3 cm³/mol. The van der Waals surface area contributed by atoms with Crippen molar-refractivity contribution in [3.05, 3.63) is 28.2 Å². The topological polar surface area (TPSA) is 20.2 Å². The Morgan fingerprint density at radius 2 is 2.38 bits per heavy atom. The number of hydrogen-bond acceptors (Lipinski definition) is 2. The van der Waals surface area contributed by atoms with Crippen molar-refractivity contribution in [1.29, 1.82) is 0 Å². The van der Waals surface area contributed by atoms with Gasteiger partial charge in [0.05, 0.1) is 0 Å². The van der Waals surface area contributed by atoms with Gasteiger partial charge in [-0.3, -0.25) is 0 Å². The summed E-state index contributed by atoms with van der Waals surface area (Å²) in [5.41, 5.74) is 1.39. The first-order chi connectivity index (χ1) is 6.33. The van der Waals surface area contributed by atoms with E-state index >= 15 is 0 Å². The van der Waals surface area contributed by atoms with Gasteiger partial charge in [-0.1, -0.05) is 22.0 Å². The summed E-state index contributed by atoms with van der Waals surface area (Å²) in [5, 5.41) is 8.92. The molecule has 1 aromatic rings. The van der Waals surface area contributed by atoms with Crippen LogP contribution in [-0.4, -0.2) is 17.5 Å². The molecule has 0 aliphatic carbocycles. The summed E-state index contributed by atoms with van der Waals surface area (Å²) in [6, 6.07) is 6.30. The van der Waals surface area contributed by atoms with Gasteiger partial charge in [0.2, 0.25) is 0 Å². The van der Waals surface area contributed by atoms with E-state index < -0.39 is 0 Å². The predicted octanol–water partition coefficient (Wildman–Crippen LogP) is 3.02. The van der Waals surface area contributed by atoms with Gasteiger partial charge in [0.25, 0.3) is 0 Å². The van der Waals surface area contributed by atoms with E-state index in [4.69, 9.17) is 5.11 Å². The molecule has 3 heteroatoms. The van der Waals surface area contributed by atoms with Gasteiger partial charge in [0, 0.05) is 21.7 Å². The van der Waals surface area contributed by atoms with E-state index in [1.54, 1.807) is 0 Å². The minimum atomic E-state index is 0.284. The maximum atomic E-state index is 8.92. The van der Waals surface area contributed by atoms with E-state index in [0.717, 1.165) is 12.2 Å². The Morgan fingerprint density at radius 1 is 1.54 bits per heavy atom. The van der Waals surface area contributed by atoms with Crippen molar-refractivity contribution in [1.82, 2.24) is 0 Å². The highest BCUT2D eigenvalue weighted by molar-refractivity contribution is 9.10. The Kier molecular flexibility index (Phi) is 2.96. The molecule has 1 aliphatic rings. The average Bonchev–Trinajstić information content (AvgIpc) is 2.51. The third-order valence-electron chi connectivity index (χ3n) is 2.34. The zero-order valence-electron chi connectivity index (χ0n) is 7.16. The van der Waals surface area contributed by atoms with Crippen LogP contribution in [0.5, 0.6) is 0 Å². The quantitative estimate of drug-likeness (QED) is 0.881. The Morgan fingerprint density at radius 3 is 3.15 bits per heavy atom. The van der Waals surface area contributed by atoms with E-state index in [9.17, 15) is 0 Å². The molecule has 0 saturated heterocycles. The fourth-order valence-corrected chi connectivity index (χ4v) is 3.84. The number of rotatable bonds is 2. The molecule has 0 bridgehead atoms. The third-order valence-corrected chi connectivity index (χ3v) is 4.27. The minimum Gasteiger partial charge on any atom is -0.396 e. The molecule has 1 heterocycles. The number of aliphatic hydroxyl groups is 1. The second kappa shape index (κ2) is 4.03. The molecule has 0 amide bonds. The summed E-state index contributed by atoms with van der Waals surface area (Å²) < 4.78 is 1.19. The summed E-state index contributed by atoms with van der Waals surface area (Å²) in [6.45, 7) is 0.284. The molecule has 1 nitrogen and oxygen atoms in total. The van der Waals surface area contributed by atoms with E-state index in [0.29, 0.717) is 5.92 Å². The van der Waals surface area contributed by atoms with Crippen LogP contribution in [0.2, 0.25) is 0 Å². The summed E-state index contributed by atoms with van der Waals surface area (Å²) in [5.74, 6) is 1.64. The van der Waals surface area contributed by atoms with Gasteiger partial charge >= 0.3 is 0 Å². The van der Waals surface area contributed by atoms with Crippen molar-refractivity contribution in [2.75, 3.05) is 12.4 Å². The zero-order valence-corrected chi connectivity index (χ0v) is 9.57. The number of aliphatic hydroxyl groups excluding tert-OH is 1. The van der Waals surface area contributed by atoms with Crippen molar-refractivity contribution in [3.8, 4) is 0 Å². The number of halogens is 1. The first kappa shape index (κ1) is 9.56. The molecule has 1 atom stereocenters. The summed E-state index contributed by atoms with van der Waals surface area (Å²) in [4.78, 5) is 1.37. The van der Waals surface area contributed by atoms with Crippen molar-refractivity contribution in [3.63, 3.8) is 0 Å². The largest absolute Gasteiger partial charge is 0.396 e. The van der Waals surface area contributed by atoms with Crippen LogP contribution < -0.4 is 0 Å². The Balaban J connectivity index is 2.34. The standard InChI is InChI=1S/C10H11BrOS/c11-8-2-1-3-9-10(8)7(4-5-12)6-13-9/h1-3,7,12H,4-6H2. The summed E-state index contributed by atoms with van der Waals surface area (Å²) in [6.07, 6.45) is 0.878. The number of fused-ring (bicyclic) bond motifs is 1. The monoisotopic (exact) mass is 258 g/mol. The highest BCUT2D eigenvalue weighted by Crippen LogP contribution is 2.44. The van der Waals surface area contributed by atoms with Crippen LogP contribution in [0.3, 0.4) is 0 Å². The molecule has 1 unspecified atom stereocenters. The van der Waals surface area contributed by atoms with Crippen LogP contribution in [-0.2, 0) is 0 Å². The van der Waals surface area contributed by atoms with E-state index in [2.05, 4.69) is 34.1 Å². The molecule has 70 valence electrons. The van der Waals surface area contributed by atoms with Gasteiger partial charge in [0.15, 0.2) is 0 Å². The lowest BCUT2D eigenvalue weighted by Gasteiger charge is -2.09. The van der Waals surface area contributed by atoms with Crippen molar-refractivity contribution >= 4 is 27.7 Å². The van der Waals surface area contributed by atoms with E-state index in [1.165, 1.54) is 14.9 Å². The third kappa shape index (κ3) is 1.78. The molecule has 13 heavy (non-hydrogen) atoms. The Bertz CT molecular complexity index is 312. The van der Waals surface area contributed by atoms with Crippen LogP contribution in [0.4, 0.5) is 0 Å². The van der Waals surface area contributed by atoms with Crippen molar-refractivity contribution in [2.45, 2.75) is 17.2 Å². The van der Waals surface area contributed by atoms with Gasteiger partial charge in [0.1, 0.15) is 0 Å². The molecule has 1 N–H and O–H groups in total. The molecule has 1 aliphatic heterocycles. The highest BCUT2D eigenvalue weighted by atomic mass is 79.9. The van der Waals surface area contributed by atoms with Crippen molar-refractivity contribution < 1.29 is 5.11 Å². The Hall–Kier alpha value is 0.01000. The fraction of sp³-hybridized carbons (Fsp3) is 0.400. The molecule has 0 spiro atoms. The molecule has 0 aromatic heterocycles. The molecular formula is C10H11BrOS. The fourth-order valence-electron chi connectivity index (χ4n) is 1.70. The number of thioether (sulfide) groups is 1. The maximum absolute atomic E-state index is 8.92. The van der Waals surface area contributed by atoms with Gasteiger partial charge in [-0.15, -0.1) is 11.8 Å². The smallest absolute Gasteiger partial charge is 0.0437 e. The summed E-state index contributed by atoms with van der Waals surface area (Å²) in [7, 11) is 0. The molecule has 0 saturated carbocycles. The molecular weight excluding hydrogens is 248 g/mol. The molecule has 1 aromatic carbocycles. The second-order valence-corrected chi connectivity index (χ2v) is 5.09. The number of benzene rings is 1. The maximum Gasteiger partial charge on any atom is 0.0437 e. The number of hydrogen-bond donors (Lipinski definition) is 1. The zero-order chi connectivity index (χ0) is 9.26. The lowest BCUT2D eigenvalue weighted by Crippen LogP contribution is -2.00. The van der Waals surface area contributed by atoms with E-state index in [1.807, 2.05) is 11.8 Å². The van der Waals surface area contributed by atoms with Gasteiger partial charge in [-0.25, -0.2) is 0 Å². The lowest BCUT2D eigenvalue weighted by molar-refractivity contribution is 0.279. The lowest BCUT2D eigenvalue weighted by atomic mass is 9.98. The van der Waals surface area contributed by atoms with Crippen molar-refractivity contribution in [2.24, 2.45) is 0 Å². The van der Waals surface area contributed by atoms with E-state index in [-0.39, 0.29) is 6.61 Å². The van der Waals surface area contributed by atoms with Crippen LogP contribution in [0.25, 0.3) is 0 Å². The Labute approximate surface area is 90.7 Å². The molecule has 0 fully saturated rings. The molecule has 0 radical (unpaired) electrons. The average molecular weight is 259 g/mol. The first-order valence-corrected chi connectivity index (χ1v) is 6.13. The van der Waals surface area contributed by atoms with Gasteiger partial charge < -0.3 is 5.11 Å². The molecule has 2 rings (SSSR count). The normalized spacial score (nSPS) is 20.3. The van der Waals surface area contributed by atoms with Gasteiger partial charge in [-0.05, 0) is 30.0 Å². The second-order valence-electron chi connectivity index (χ2n) is 3.17. The summed E-state index contributed by atoms with van der Waals surface area (Å²) >= 11 is 5.45. The minimum absolute atomic E-state index is 0.284. The van der Waals surface area contributed by atoms with Gasteiger partial charge in [-0.2, -0.15) is 0 Å². The van der Waals surface area contributed by atoms with Crippen LogP contribution in [0.15, 0.2) is 27.6 Å². The van der Waals surface area contributed by atoms with Crippen LogP contribution >= 0.6 is 27.7 Å². The highest BCUT2D eigenvalue weighted by Gasteiger charge is 2.24. The first-order valence-electron chi connectivity index (χ1n) is 4.35.